The van der Waals surface area contributed by atoms with Crippen molar-refractivity contribution in [3.63, 3.8) is 0 Å². The number of carbonyl (C=O) groups is 1. The summed E-state index contributed by atoms with van der Waals surface area (Å²) in [5.74, 6) is -0.213. The summed E-state index contributed by atoms with van der Waals surface area (Å²) in [5.41, 5.74) is 1.26. The number of ether oxygens (including phenoxy) is 3. The number of aromatic nitrogens is 2. The van der Waals surface area contributed by atoms with Crippen LogP contribution in [0.15, 0.2) is 41.6 Å². The number of aryl methyl sites for hydroxylation is 1. The van der Waals surface area contributed by atoms with Gasteiger partial charge in [0, 0.05) is 31.2 Å². The lowest BCUT2D eigenvalue weighted by Gasteiger charge is -2.16. The summed E-state index contributed by atoms with van der Waals surface area (Å²) in [6.45, 7) is -0.527. The number of aliphatic carboxylic acids is 1. The highest BCUT2D eigenvalue weighted by Crippen LogP contribution is 2.42. The summed E-state index contributed by atoms with van der Waals surface area (Å²) >= 11 is 0. The molecule has 0 radical (unpaired) electrons. The summed E-state index contributed by atoms with van der Waals surface area (Å²) in [5, 5.41) is 10.1. The summed E-state index contributed by atoms with van der Waals surface area (Å²) in [7, 11) is 4.57. The Hall–Kier alpha value is -3.55. The standard InChI is InChI=1S/C19H18N2O6/c1-21-9-14(12-4-5-20-8-13(12)19(21)24)11-6-15(25-2)18(26-3)16(7-11)27-10-17(22)23/h4-9H,10H2,1-3H3,(H,22,23). The highest BCUT2D eigenvalue weighted by Gasteiger charge is 2.18. The van der Waals surface area contributed by atoms with E-state index in [1.54, 1.807) is 37.6 Å². The van der Waals surface area contributed by atoms with Gasteiger partial charge in [-0.05, 0) is 29.1 Å². The average molecular weight is 370 g/mol. The molecule has 0 saturated heterocycles. The van der Waals surface area contributed by atoms with Crippen LogP contribution in [0.2, 0.25) is 0 Å². The van der Waals surface area contributed by atoms with Gasteiger partial charge in [0.25, 0.3) is 5.56 Å². The minimum atomic E-state index is -1.11. The molecule has 0 atom stereocenters. The van der Waals surface area contributed by atoms with Gasteiger partial charge in [-0.15, -0.1) is 0 Å². The topological polar surface area (TPSA) is 99.9 Å². The number of pyridine rings is 2. The van der Waals surface area contributed by atoms with Crippen LogP contribution in [0.3, 0.4) is 0 Å². The van der Waals surface area contributed by atoms with E-state index < -0.39 is 12.6 Å². The molecule has 3 rings (SSSR count). The number of benzene rings is 1. The van der Waals surface area contributed by atoms with Gasteiger partial charge < -0.3 is 23.9 Å². The number of carboxylic acids is 1. The van der Waals surface area contributed by atoms with Crippen LogP contribution < -0.4 is 19.8 Å². The molecule has 8 heteroatoms. The second kappa shape index (κ2) is 7.36. The number of carboxylic acid groups (broad SMARTS) is 1. The van der Waals surface area contributed by atoms with Crippen molar-refractivity contribution >= 4 is 16.7 Å². The van der Waals surface area contributed by atoms with Crippen LogP contribution in [0.5, 0.6) is 17.2 Å². The van der Waals surface area contributed by atoms with Crippen molar-refractivity contribution < 1.29 is 24.1 Å². The van der Waals surface area contributed by atoms with E-state index >= 15 is 0 Å². The van der Waals surface area contributed by atoms with E-state index in [-0.39, 0.29) is 11.3 Å². The van der Waals surface area contributed by atoms with Crippen molar-refractivity contribution in [3.8, 4) is 28.4 Å². The van der Waals surface area contributed by atoms with Gasteiger partial charge in [0.15, 0.2) is 18.1 Å². The highest BCUT2D eigenvalue weighted by molar-refractivity contribution is 5.96. The van der Waals surface area contributed by atoms with E-state index in [0.717, 1.165) is 5.56 Å². The molecule has 0 bridgehead atoms. The largest absolute Gasteiger partial charge is 0.493 e. The Morgan fingerprint density at radius 2 is 1.93 bits per heavy atom. The first-order valence-electron chi connectivity index (χ1n) is 8.00. The second-order valence-corrected chi connectivity index (χ2v) is 5.77. The van der Waals surface area contributed by atoms with Crippen molar-refractivity contribution in [1.29, 1.82) is 0 Å². The fourth-order valence-electron chi connectivity index (χ4n) is 2.87. The van der Waals surface area contributed by atoms with E-state index in [9.17, 15) is 9.59 Å². The third kappa shape index (κ3) is 3.41. The maximum atomic E-state index is 12.4. The third-order valence-electron chi connectivity index (χ3n) is 4.09. The van der Waals surface area contributed by atoms with Gasteiger partial charge in [-0.1, -0.05) is 0 Å². The number of hydrogen-bond acceptors (Lipinski definition) is 6. The normalized spacial score (nSPS) is 10.6. The molecule has 2 aromatic heterocycles. The zero-order valence-electron chi connectivity index (χ0n) is 15.1. The van der Waals surface area contributed by atoms with Crippen LogP contribution >= 0.6 is 0 Å². The first-order chi connectivity index (χ1) is 13.0. The molecule has 140 valence electrons. The number of rotatable bonds is 6. The van der Waals surface area contributed by atoms with Gasteiger partial charge in [0.1, 0.15) is 0 Å². The number of fused-ring (bicyclic) bond motifs is 1. The third-order valence-corrected chi connectivity index (χ3v) is 4.09. The Kier molecular flexibility index (Phi) is 4.98. The van der Waals surface area contributed by atoms with Crippen LogP contribution in [-0.2, 0) is 11.8 Å². The monoisotopic (exact) mass is 370 g/mol. The minimum Gasteiger partial charge on any atom is -0.493 e. The van der Waals surface area contributed by atoms with Gasteiger partial charge in [0.05, 0.1) is 19.6 Å². The van der Waals surface area contributed by atoms with Gasteiger partial charge in [-0.2, -0.15) is 0 Å². The Balaban J connectivity index is 2.27. The molecule has 3 aromatic rings. The zero-order valence-corrected chi connectivity index (χ0v) is 15.1. The van der Waals surface area contributed by atoms with Crippen LogP contribution in [0.4, 0.5) is 0 Å². The van der Waals surface area contributed by atoms with Crippen LogP contribution in [0.1, 0.15) is 0 Å². The molecule has 27 heavy (non-hydrogen) atoms. The predicted octanol–water partition coefficient (Wildman–Crippen LogP) is 2.08. The van der Waals surface area contributed by atoms with E-state index in [4.69, 9.17) is 19.3 Å². The molecule has 0 spiro atoms. The van der Waals surface area contributed by atoms with Crippen LogP contribution in [0.25, 0.3) is 21.9 Å². The molecular formula is C19H18N2O6. The summed E-state index contributed by atoms with van der Waals surface area (Å²) in [6, 6.07) is 5.15. The summed E-state index contributed by atoms with van der Waals surface area (Å²) in [4.78, 5) is 27.3. The van der Waals surface area contributed by atoms with Crippen molar-refractivity contribution in [3.05, 3.63) is 47.1 Å². The zero-order chi connectivity index (χ0) is 19.6. The van der Waals surface area contributed by atoms with Gasteiger partial charge in [-0.25, -0.2) is 4.79 Å². The Bertz CT molecular complexity index is 1070. The Morgan fingerprint density at radius 3 is 2.59 bits per heavy atom. The average Bonchev–Trinajstić information content (AvgIpc) is 2.68. The van der Waals surface area contributed by atoms with E-state index in [0.29, 0.717) is 27.8 Å². The molecule has 1 aromatic carbocycles. The van der Waals surface area contributed by atoms with Crippen molar-refractivity contribution in [2.45, 2.75) is 0 Å². The molecule has 2 heterocycles. The molecule has 8 nitrogen and oxygen atoms in total. The predicted molar refractivity (Wildman–Crippen MR) is 98.7 cm³/mol. The van der Waals surface area contributed by atoms with E-state index in [2.05, 4.69) is 4.98 Å². The first kappa shape index (κ1) is 18.2. The maximum absolute atomic E-state index is 12.4. The highest BCUT2D eigenvalue weighted by atomic mass is 16.5. The van der Waals surface area contributed by atoms with Gasteiger partial charge >= 0.3 is 5.97 Å². The number of methoxy groups -OCH3 is 2. The van der Waals surface area contributed by atoms with Crippen LogP contribution in [-0.4, -0.2) is 41.5 Å². The van der Waals surface area contributed by atoms with Gasteiger partial charge in [-0.3, -0.25) is 9.78 Å². The molecule has 0 amide bonds. The van der Waals surface area contributed by atoms with Crippen molar-refractivity contribution in [2.75, 3.05) is 20.8 Å². The van der Waals surface area contributed by atoms with Gasteiger partial charge in [0.2, 0.25) is 5.75 Å². The SMILES string of the molecule is COc1cc(-c2cn(C)c(=O)c3cnccc23)cc(OCC(=O)O)c1OC. The lowest BCUT2D eigenvalue weighted by Crippen LogP contribution is -2.16. The smallest absolute Gasteiger partial charge is 0.341 e. The summed E-state index contributed by atoms with van der Waals surface area (Å²) in [6.07, 6.45) is 4.82. The van der Waals surface area contributed by atoms with Crippen molar-refractivity contribution in [2.24, 2.45) is 7.05 Å². The quantitative estimate of drug-likeness (QED) is 0.709. The van der Waals surface area contributed by atoms with E-state index in [1.807, 2.05) is 0 Å². The fraction of sp³-hybridized carbons (Fsp3) is 0.211. The molecular weight excluding hydrogens is 352 g/mol. The Morgan fingerprint density at radius 1 is 1.19 bits per heavy atom. The van der Waals surface area contributed by atoms with E-state index in [1.165, 1.54) is 25.0 Å². The number of nitrogens with zero attached hydrogens (tertiary/aromatic N) is 2. The Labute approximate surface area is 154 Å². The number of hydrogen-bond donors (Lipinski definition) is 1. The summed E-state index contributed by atoms with van der Waals surface area (Å²) < 4.78 is 17.5. The molecule has 0 saturated carbocycles. The van der Waals surface area contributed by atoms with Crippen LogP contribution in [0, 0.1) is 0 Å². The lowest BCUT2D eigenvalue weighted by atomic mass is 10.0. The fourth-order valence-corrected chi connectivity index (χ4v) is 2.87. The molecule has 0 aliphatic heterocycles. The maximum Gasteiger partial charge on any atom is 0.341 e. The molecule has 0 unspecified atom stereocenters. The second-order valence-electron chi connectivity index (χ2n) is 5.77. The van der Waals surface area contributed by atoms with Crippen molar-refractivity contribution in [1.82, 2.24) is 9.55 Å². The molecule has 0 aliphatic rings. The lowest BCUT2D eigenvalue weighted by molar-refractivity contribution is -0.139. The first-order valence-corrected chi connectivity index (χ1v) is 8.00. The molecule has 1 N–H and O–H groups in total. The molecule has 0 aliphatic carbocycles. The molecule has 0 fully saturated rings. The minimum absolute atomic E-state index is 0.162.